The smallest absolute Gasteiger partial charge is 0.321 e. The van der Waals surface area contributed by atoms with Crippen LogP contribution in [0.1, 0.15) is 19.4 Å². The summed E-state index contributed by atoms with van der Waals surface area (Å²) in [6.07, 6.45) is 0.154. The van der Waals surface area contributed by atoms with E-state index in [-0.39, 0.29) is 36.9 Å². The Bertz CT molecular complexity index is 705. The molecule has 0 bridgehead atoms. The maximum Gasteiger partial charge on any atom is 0.321 e. The molecular formula is C16H25N3O6S. The second kappa shape index (κ2) is 10.2. The van der Waals surface area contributed by atoms with Crippen LogP contribution in [0, 0.1) is 0 Å². The van der Waals surface area contributed by atoms with Gasteiger partial charge in [-0.2, -0.15) is 0 Å². The summed E-state index contributed by atoms with van der Waals surface area (Å²) >= 11 is 0. The van der Waals surface area contributed by atoms with E-state index in [1.807, 2.05) is 0 Å². The molecule has 0 spiro atoms. The summed E-state index contributed by atoms with van der Waals surface area (Å²) in [6.45, 7) is 2.81. The van der Waals surface area contributed by atoms with Crippen molar-refractivity contribution in [1.29, 1.82) is 0 Å². The lowest BCUT2D eigenvalue weighted by Gasteiger charge is -2.17. The Kier molecular flexibility index (Phi) is 8.66. The largest absolute Gasteiger partial charge is 0.508 e. The van der Waals surface area contributed by atoms with E-state index in [2.05, 4.69) is 15.4 Å². The van der Waals surface area contributed by atoms with Crippen LogP contribution >= 0.6 is 0 Å². The van der Waals surface area contributed by atoms with Crippen LogP contribution in [0.15, 0.2) is 24.3 Å². The molecule has 10 heteroatoms. The number of phenolic OH excluding ortho intramolecular Hbond substituents is 1. The number of phenols is 1. The van der Waals surface area contributed by atoms with Crippen LogP contribution in [0.4, 0.5) is 0 Å². The molecule has 0 saturated heterocycles. The average Bonchev–Trinajstić information content (AvgIpc) is 2.59. The lowest BCUT2D eigenvalue weighted by atomic mass is 10.1. The van der Waals surface area contributed by atoms with E-state index in [0.29, 0.717) is 5.56 Å². The summed E-state index contributed by atoms with van der Waals surface area (Å²) < 4.78 is 24.9. The Morgan fingerprint density at radius 3 is 2.31 bits per heavy atom. The summed E-state index contributed by atoms with van der Waals surface area (Å²) in [5.41, 5.74) is 0.704. The van der Waals surface area contributed by atoms with Crippen molar-refractivity contribution in [1.82, 2.24) is 15.4 Å². The van der Waals surface area contributed by atoms with Crippen LogP contribution in [0.25, 0.3) is 0 Å². The first-order chi connectivity index (χ1) is 12.1. The molecular weight excluding hydrogens is 362 g/mol. The van der Waals surface area contributed by atoms with Crippen molar-refractivity contribution >= 4 is 21.8 Å². The number of hydrogen-bond donors (Lipinski definition) is 5. The van der Waals surface area contributed by atoms with Gasteiger partial charge in [-0.3, -0.25) is 20.2 Å². The monoisotopic (exact) mass is 387 g/mol. The van der Waals surface area contributed by atoms with E-state index in [4.69, 9.17) is 0 Å². The Balaban J connectivity index is 2.48. The van der Waals surface area contributed by atoms with Crippen LogP contribution in [-0.4, -0.2) is 61.4 Å². The molecule has 2 atom stereocenters. The van der Waals surface area contributed by atoms with E-state index in [1.165, 1.54) is 19.1 Å². The van der Waals surface area contributed by atoms with Gasteiger partial charge in [-0.25, -0.2) is 13.1 Å². The quantitative estimate of drug-likeness (QED) is 0.300. The Morgan fingerprint density at radius 2 is 1.77 bits per heavy atom. The molecule has 0 amide bonds. The van der Waals surface area contributed by atoms with Crippen LogP contribution in [-0.2, 0) is 26.0 Å². The molecule has 26 heavy (non-hydrogen) atoms. The van der Waals surface area contributed by atoms with E-state index < -0.39 is 28.1 Å². The molecule has 5 N–H and O–H groups in total. The normalized spacial score (nSPS) is 13.9. The molecule has 1 rings (SSSR count). The number of rotatable bonds is 12. The summed E-state index contributed by atoms with van der Waals surface area (Å²) in [5, 5.41) is 23.9. The highest BCUT2D eigenvalue weighted by Crippen LogP contribution is 2.11. The second-order valence-corrected chi connectivity index (χ2v) is 7.85. The van der Waals surface area contributed by atoms with Crippen molar-refractivity contribution in [3.8, 4) is 5.75 Å². The van der Waals surface area contributed by atoms with Crippen LogP contribution in [0.2, 0.25) is 0 Å². The topological polar surface area (TPSA) is 145 Å². The number of carboxylic acids is 1. The van der Waals surface area contributed by atoms with Crippen molar-refractivity contribution < 1.29 is 28.2 Å². The molecule has 0 aromatic heterocycles. The van der Waals surface area contributed by atoms with Crippen molar-refractivity contribution in [3.63, 3.8) is 0 Å². The molecule has 0 heterocycles. The number of sulfonamides is 1. The van der Waals surface area contributed by atoms with Gasteiger partial charge >= 0.3 is 5.97 Å². The number of aliphatic carboxylic acids is 1. The second-order valence-electron chi connectivity index (χ2n) is 5.76. The lowest BCUT2D eigenvalue weighted by Crippen LogP contribution is -2.48. The molecule has 0 aliphatic heterocycles. The fourth-order valence-electron chi connectivity index (χ4n) is 2.01. The molecule has 146 valence electrons. The van der Waals surface area contributed by atoms with Gasteiger partial charge in [-0.15, -0.1) is 0 Å². The van der Waals surface area contributed by atoms with Crippen molar-refractivity contribution in [2.24, 2.45) is 0 Å². The van der Waals surface area contributed by atoms with E-state index in [0.717, 1.165) is 0 Å². The fourth-order valence-corrected chi connectivity index (χ4v) is 2.52. The van der Waals surface area contributed by atoms with Gasteiger partial charge in [-0.1, -0.05) is 12.1 Å². The standard InChI is InChI=1S/C16H25N3O6S/c1-3-26(24,25)19-10-18-11(2)15(21)9-17-14(16(22)23)8-12-4-6-13(20)7-5-12/h4-7,11,14,17-20H,3,8-10H2,1-2H3,(H,22,23)/t11-,14-/m0/s1. The van der Waals surface area contributed by atoms with Gasteiger partial charge in [0, 0.05) is 0 Å². The molecule has 1 aromatic carbocycles. The summed E-state index contributed by atoms with van der Waals surface area (Å²) in [4.78, 5) is 23.4. The highest BCUT2D eigenvalue weighted by Gasteiger charge is 2.20. The molecule has 0 fully saturated rings. The highest BCUT2D eigenvalue weighted by atomic mass is 32.2. The Labute approximate surface area is 152 Å². The van der Waals surface area contributed by atoms with Crippen LogP contribution in [0.3, 0.4) is 0 Å². The predicted octanol–water partition coefficient (Wildman–Crippen LogP) is -0.578. The number of benzene rings is 1. The molecule has 9 nitrogen and oxygen atoms in total. The van der Waals surface area contributed by atoms with E-state index >= 15 is 0 Å². The third-order valence-electron chi connectivity index (χ3n) is 3.76. The van der Waals surface area contributed by atoms with Gasteiger partial charge in [0.2, 0.25) is 10.0 Å². The molecule has 0 unspecified atom stereocenters. The number of ketones is 1. The van der Waals surface area contributed by atoms with Crippen molar-refractivity contribution in [3.05, 3.63) is 29.8 Å². The number of Topliss-reactive ketones (excluding diaryl/α,β-unsaturated/α-hetero) is 1. The molecule has 0 radical (unpaired) electrons. The number of carboxylic acid groups (broad SMARTS) is 1. The molecule has 0 saturated carbocycles. The fraction of sp³-hybridized carbons (Fsp3) is 0.500. The number of hydrogen-bond acceptors (Lipinski definition) is 7. The van der Waals surface area contributed by atoms with Crippen LogP contribution in [0.5, 0.6) is 5.75 Å². The zero-order valence-electron chi connectivity index (χ0n) is 14.7. The van der Waals surface area contributed by atoms with E-state index in [9.17, 15) is 28.2 Å². The van der Waals surface area contributed by atoms with Gasteiger partial charge in [0.1, 0.15) is 11.8 Å². The minimum Gasteiger partial charge on any atom is -0.508 e. The van der Waals surface area contributed by atoms with Crippen molar-refractivity contribution in [2.45, 2.75) is 32.4 Å². The van der Waals surface area contributed by atoms with Gasteiger partial charge in [-0.05, 0) is 38.0 Å². The van der Waals surface area contributed by atoms with Crippen LogP contribution < -0.4 is 15.4 Å². The average molecular weight is 387 g/mol. The third-order valence-corrected chi connectivity index (χ3v) is 5.10. The van der Waals surface area contributed by atoms with Crippen molar-refractivity contribution in [2.75, 3.05) is 19.0 Å². The SMILES string of the molecule is CCS(=O)(=O)NCN[C@@H](C)C(=O)CN[C@@H](Cc1ccc(O)cc1)C(=O)O. The predicted molar refractivity (Wildman–Crippen MR) is 96.3 cm³/mol. The van der Waals surface area contributed by atoms with Gasteiger partial charge in [0.05, 0.1) is 25.0 Å². The number of carbonyl (C=O) groups is 2. The maximum atomic E-state index is 12.1. The van der Waals surface area contributed by atoms with E-state index in [1.54, 1.807) is 19.1 Å². The Hall–Kier alpha value is -2.01. The molecule has 1 aromatic rings. The maximum absolute atomic E-state index is 12.1. The first-order valence-electron chi connectivity index (χ1n) is 8.12. The number of aromatic hydroxyl groups is 1. The zero-order chi connectivity index (χ0) is 19.7. The summed E-state index contributed by atoms with van der Waals surface area (Å²) in [6, 6.07) is 4.53. The number of carbonyl (C=O) groups excluding carboxylic acids is 1. The minimum atomic E-state index is -3.35. The lowest BCUT2D eigenvalue weighted by molar-refractivity contribution is -0.139. The van der Waals surface area contributed by atoms with Gasteiger partial charge in [0.15, 0.2) is 5.78 Å². The summed E-state index contributed by atoms with van der Waals surface area (Å²) in [7, 11) is -3.35. The van der Waals surface area contributed by atoms with Gasteiger partial charge < -0.3 is 10.2 Å². The first-order valence-corrected chi connectivity index (χ1v) is 9.77. The van der Waals surface area contributed by atoms with Gasteiger partial charge in [0.25, 0.3) is 0 Å². The molecule has 0 aliphatic carbocycles. The summed E-state index contributed by atoms with van der Waals surface area (Å²) in [5.74, 6) is -1.36. The first kappa shape index (κ1) is 22.0. The number of nitrogens with one attached hydrogen (secondary N) is 3. The molecule has 0 aliphatic rings. The Morgan fingerprint density at radius 1 is 1.15 bits per heavy atom. The highest BCUT2D eigenvalue weighted by molar-refractivity contribution is 7.89. The minimum absolute atomic E-state index is 0.0594. The third kappa shape index (κ3) is 7.91. The zero-order valence-corrected chi connectivity index (χ0v) is 15.5.